The second kappa shape index (κ2) is 7.38. The Balaban J connectivity index is 2.24. The average molecular weight is 301 g/mol. The van der Waals surface area contributed by atoms with Crippen LogP contribution in [0, 0.1) is 11.3 Å². The molecule has 0 aliphatic heterocycles. The van der Waals surface area contributed by atoms with E-state index in [1.54, 1.807) is 42.0 Å². The van der Waals surface area contributed by atoms with Gasteiger partial charge in [-0.05, 0) is 31.2 Å². The van der Waals surface area contributed by atoms with Gasteiger partial charge in [0.1, 0.15) is 23.3 Å². The Morgan fingerprint density at radius 1 is 1.23 bits per heavy atom. The molecule has 0 unspecified atom stereocenters. The predicted molar refractivity (Wildman–Crippen MR) is 83.1 cm³/mol. The van der Waals surface area contributed by atoms with Gasteiger partial charge in [0.05, 0.1) is 25.9 Å². The number of nitrogens with two attached hydrogens (primary N) is 1. The molecule has 0 aliphatic rings. The number of methoxy groups -OCH3 is 1. The van der Waals surface area contributed by atoms with Crippen molar-refractivity contribution in [2.75, 3.05) is 26.1 Å². The van der Waals surface area contributed by atoms with Gasteiger partial charge in [-0.2, -0.15) is 5.26 Å². The smallest absolute Gasteiger partial charge is 0.224 e. The minimum Gasteiger partial charge on any atom is -0.497 e. The van der Waals surface area contributed by atoms with Crippen LogP contribution in [-0.2, 0) is 11.3 Å². The van der Waals surface area contributed by atoms with Crippen molar-refractivity contribution >= 4 is 5.69 Å². The SMILES string of the molecule is CCOCCn1c(C#N)cc(N)c1Oc1ccc(OC)cc1. The number of rotatable bonds is 7. The van der Waals surface area contributed by atoms with Gasteiger partial charge in [0.15, 0.2) is 0 Å². The number of nitrogen functional groups attached to an aromatic ring is 1. The number of hydrogen-bond donors (Lipinski definition) is 1. The van der Waals surface area contributed by atoms with Gasteiger partial charge < -0.3 is 19.9 Å². The summed E-state index contributed by atoms with van der Waals surface area (Å²) in [7, 11) is 1.60. The summed E-state index contributed by atoms with van der Waals surface area (Å²) in [5, 5.41) is 9.21. The van der Waals surface area contributed by atoms with Gasteiger partial charge in [0.2, 0.25) is 5.88 Å². The van der Waals surface area contributed by atoms with Crippen LogP contribution < -0.4 is 15.2 Å². The van der Waals surface area contributed by atoms with Crippen LogP contribution in [0.15, 0.2) is 30.3 Å². The summed E-state index contributed by atoms with van der Waals surface area (Å²) in [6.45, 7) is 3.52. The molecule has 0 bridgehead atoms. The number of nitrogens with zero attached hydrogens (tertiary/aromatic N) is 2. The summed E-state index contributed by atoms with van der Waals surface area (Å²) in [4.78, 5) is 0. The molecule has 0 saturated heterocycles. The molecule has 0 spiro atoms. The van der Waals surface area contributed by atoms with E-state index >= 15 is 0 Å². The van der Waals surface area contributed by atoms with Gasteiger partial charge in [-0.25, -0.2) is 0 Å². The zero-order chi connectivity index (χ0) is 15.9. The molecule has 22 heavy (non-hydrogen) atoms. The van der Waals surface area contributed by atoms with E-state index in [2.05, 4.69) is 6.07 Å². The van der Waals surface area contributed by atoms with Crippen molar-refractivity contribution in [1.82, 2.24) is 4.57 Å². The van der Waals surface area contributed by atoms with Gasteiger partial charge in [0.25, 0.3) is 0 Å². The van der Waals surface area contributed by atoms with Crippen LogP contribution in [0.1, 0.15) is 12.6 Å². The van der Waals surface area contributed by atoms with Crippen LogP contribution in [0.3, 0.4) is 0 Å². The zero-order valence-electron chi connectivity index (χ0n) is 12.7. The lowest BCUT2D eigenvalue weighted by atomic mass is 10.3. The van der Waals surface area contributed by atoms with E-state index in [1.165, 1.54) is 0 Å². The fourth-order valence-electron chi connectivity index (χ4n) is 2.04. The lowest BCUT2D eigenvalue weighted by Crippen LogP contribution is -2.09. The summed E-state index contributed by atoms with van der Waals surface area (Å²) < 4.78 is 18.0. The first kappa shape index (κ1) is 15.7. The molecule has 0 fully saturated rings. The van der Waals surface area contributed by atoms with E-state index in [1.807, 2.05) is 6.92 Å². The molecule has 0 atom stereocenters. The number of nitriles is 1. The summed E-state index contributed by atoms with van der Waals surface area (Å²) in [5.74, 6) is 1.80. The Bertz CT molecular complexity index is 657. The topological polar surface area (TPSA) is 82.4 Å². The second-order valence-electron chi connectivity index (χ2n) is 4.53. The second-order valence-corrected chi connectivity index (χ2v) is 4.53. The Kier molecular flexibility index (Phi) is 5.28. The first-order chi connectivity index (χ1) is 10.7. The predicted octanol–water partition coefficient (Wildman–Crippen LogP) is 2.78. The molecule has 1 heterocycles. The van der Waals surface area contributed by atoms with Crippen molar-refractivity contribution < 1.29 is 14.2 Å². The molecule has 116 valence electrons. The van der Waals surface area contributed by atoms with Crippen LogP contribution in [0.4, 0.5) is 5.69 Å². The molecule has 1 aromatic heterocycles. The average Bonchev–Trinajstić information content (AvgIpc) is 2.84. The maximum atomic E-state index is 9.21. The fraction of sp³-hybridized carbons (Fsp3) is 0.312. The first-order valence-corrected chi connectivity index (χ1v) is 6.98. The summed E-state index contributed by atoms with van der Waals surface area (Å²) >= 11 is 0. The number of hydrogen-bond acceptors (Lipinski definition) is 5. The molecule has 1 aromatic carbocycles. The minimum absolute atomic E-state index is 0.420. The standard InChI is InChI=1S/C16H19N3O3/c1-3-21-9-8-19-12(11-17)10-15(18)16(19)22-14-6-4-13(20-2)5-7-14/h4-7,10H,3,8-9,18H2,1-2H3. The van der Waals surface area contributed by atoms with E-state index in [0.717, 1.165) is 5.75 Å². The van der Waals surface area contributed by atoms with Crippen molar-refractivity contribution in [2.45, 2.75) is 13.5 Å². The van der Waals surface area contributed by atoms with E-state index in [9.17, 15) is 5.26 Å². The highest BCUT2D eigenvalue weighted by molar-refractivity contribution is 5.56. The van der Waals surface area contributed by atoms with Crippen molar-refractivity contribution in [2.24, 2.45) is 0 Å². The summed E-state index contributed by atoms with van der Waals surface area (Å²) in [6.07, 6.45) is 0. The van der Waals surface area contributed by atoms with Crippen molar-refractivity contribution in [3.8, 4) is 23.4 Å². The monoisotopic (exact) mass is 301 g/mol. The van der Waals surface area contributed by atoms with Crippen LogP contribution in [0.5, 0.6) is 17.4 Å². The number of ether oxygens (including phenoxy) is 3. The van der Waals surface area contributed by atoms with Gasteiger partial charge >= 0.3 is 0 Å². The quantitative estimate of drug-likeness (QED) is 0.795. The van der Waals surface area contributed by atoms with Crippen LogP contribution >= 0.6 is 0 Å². The normalized spacial score (nSPS) is 10.2. The molecule has 2 aromatic rings. The largest absolute Gasteiger partial charge is 0.497 e. The fourth-order valence-corrected chi connectivity index (χ4v) is 2.04. The van der Waals surface area contributed by atoms with Crippen molar-refractivity contribution in [3.05, 3.63) is 36.0 Å². The third kappa shape index (κ3) is 3.51. The molecular weight excluding hydrogens is 282 g/mol. The van der Waals surface area contributed by atoms with E-state index in [-0.39, 0.29) is 0 Å². The van der Waals surface area contributed by atoms with Crippen molar-refractivity contribution in [3.63, 3.8) is 0 Å². The van der Waals surface area contributed by atoms with Crippen molar-refractivity contribution in [1.29, 1.82) is 5.26 Å². The molecule has 0 saturated carbocycles. The number of anilines is 1. The highest BCUT2D eigenvalue weighted by atomic mass is 16.5. The molecule has 0 radical (unpaired) electrons. The minimum atomic E-state index is 0.420. The van der Waals surface area contributed by atoms with E-state index in [0.29, 0.717) is 42.8 Å². The Hall–Kier alpha value is -2.65. The van der Waals surface area contributed by atoms with Crippen LogP contribution in [0.25, 0.3) is 0 Å². The Morgan fingerprint density at radius 2 is 1.91 bits per heavy atom. The lowest BCUT2D eigenvalue weighted by molar-refractivity contribution is 0.137. The highest BCUT2D eigenvalue weighted by Crippen LogP contribution is 2.31. The lowest BCUT2D eigenvalue weighted by Gasteiger charge is -2.12. The number of aromatic nitrogens is 1. The Morgan fingerprint density at radius 3 is 2.50 bits per heavy atom. The molecule has 2 rings (SSSR count). The summed E-state index contributed by atoms with van der Waals surface area (Å²) in [6, 6.07) is 10.9. The third-order valence-corrected chi connectivity index (χ3v) is 3.13. The van der Waals surface area contributed by atoms with Gasteiger partial charge in [0, 0.05) is 12.7 Å². The molecular formula is C16H19N3O3. The van der Waals surface area contributed by atoms with E-state index < -0.39 is 0 Å². The molecule has 6 heteroatoms. The maximum Gasteiger partial charge on any atom is 0.224 e. The highest BCUT2D eigenvalue weighted by Gasteiger charge is 2.15. The van der Waals surface area contributed by atoms with Gasteiger partial charge in [-0.3, -0.25) is 4.57 Å². The molecule has 6 nitrogen and oxygen atoms in total. The Labute approximate surface area is 129 Å². The molecule has 0 aliphatic carbocycles. The maximum absolute atomic E-state index is 9.21. The molecule has 0 amide bonds. The van der Waals surface area contributed by atoms with Gasteiger partial charge in [-0.1, -0.05) is 0 Å². The summed E-state index contributed by atoms with van der Waals surface area (Å²) in [5.41, 5.74) is 6.83. The first-order valence-electron chi connectivity index (χ1n) is 6.98. The van der Waals surface area contributed by atoms with Gasteiger partial charge in [-0.15, -0.1) is 0 Å². The number of benzene rings is 1. The van der Waals surface area contributed by atoms with Crippen LogP contribution in [-0.4, -0.2) is 24.9 Å². The van der Waals surface area contributed by atoms with Crippen LogP contribution in [0.2, 0.25) is 0 Å². The zero-order valence-corrected chi connectivity index (χ0v) is 12.7. The third-order valence-electron chi connectivity index (χ3n) is 3.13. The van der Waals surface area contributed by atoms with E-state index in [4.69, 9.17) is 19.9 Å². The molecule has 2 N–H and O–H groups in total.